The Hall–Kier alpha value is -3.98. The van der Waals surface area contributed by atoms with E-state index >= 15 is 0 Å². The van der Waals surface area contributed by atoms with Gasteiger partial charge >= 0.3 is 0 Å². The minimum Gasteiger partial charge on any atom is -0.411 e. The van der Waals surface area contributed by atoms with E-state index in [1.165, 1.54) is 0 Å². The molecule has 1 N–H and O–H groups in total. The van der Waals surface area contributed by atoms with Crippen LogP contribution in [-0.4, -0.2) is 16.7 Å². The van der Waals surface area contributed by atoms with E-state index in [-0.39, 0.29) is 17.6 Å². The lowest BCUT2D eigenvalue weighted by molar-refractivity contribution is 0.103. The van der Waals surface area contributed by atoms with Crippen LogP contribution >= 0.6 is 0 Å². The molecule has 0 amide bonds. The number of carbonyl (C=O) groups excluding carboxylic acids is 1. The molecule has 1 unspecified atom stereocenters. The van der Waals surface area contributed by atoms with Crippen molar-refractivity contribution in [3.8, 4) is 0 Å². The van der Waals surface area contributed by atoms with Crippen molar-refractivity contribution in [3.63, 3.8) is 0 Å². The van der Waals surface area contributed by atoms with E-state index < -0.39 is 0 Å². The molecule has 0 saturated heterocycles. The van der Waals surface area contributed by atoms with Crippen molar-refractivity contribution < 1.29 is 10.0 Å². The molecular weight excluding hydrogens is 394 g/mol. The third-order valence-electron chi connectivity index (χ3n) is 6.35. The highest BCUT2D eigenvalue weighted by Gasteiger charge is 2.36. The smallest absolute Gasteiger partial charge is 0.193 e. The van der Waals surface area contributed by atoms with Crippen LogP contribution in [0.5, 0.6) is 0 Å². The third-order valence-corrected chi connectivity index (χ3v) is 6.35. The van der Waals surface area contributed by atoms with Gasteiger partial charge in [0.25, 0.3) is 0 Å². The van der Waals surface area contributed by atoms with Gasteiger partial charge in [0.15, 0.2) is 5.78 Å². The minimum atomic E-state index is -0.0389. The van der Waals surface area contributed by atoms with Gasteiger partial charge in [0.1, 0.15) is 0 Å². The average Bonchev–Trinajstić information content (AvgIpc) is 2.87. The predicted octanol–water partition coefficient (Wildman–Crippen LogP) is 6.42. The lowest BCUT2D eigenvalue weighted by Gasteiger charge is -2.34. The van der Waals surface area contributed by atoms with Gasteiger partial charge in [0.2, 0.25) is 0 Å². The third kappa shape index (κ3) is 3.52. The number of rotatable bonds is 5. The molecule has 0 aromatic heterocycles. The molecule has 0 saturated carbocycles. The minimum absolute atomic E-state index is 0.0160. The van der Waals surface area contributed by atoms with Crippen molar-refractivity contribution in [2.75, 3.05) is 0 Å². The van der Waals surface area contributed by atoms with E-state index in [1.54, 1.807) is 0 Å². The molecule has 1 aliphatic carbocycles. The first-order chi connectivity index (χ1) is 15.8. The van der Waals surface area contributed by atoms with Crippen LogP contribution in [0.3, 0.4) is 0 Å². The standard InChI is InChI=1S/C29H23NO2/c31-29-24-17-9-7-15-22(24)28(23-16-8-10-18-25(23)29)26(20-11-3-1-4-12-20)19-27(30-32)21-13-5-2-6-14-21/h1-18,26,28,32H,19H2. The molecule has 0 spiro atoms. The maximum absolute atomic E-state index is 13.2. The highest BCUT2D eigenvalue weighted by molar-refractivity contribution is 6.13. The van der Waals surface area contributed by atoms with Crippen molar-refractivity contribution >= 4 is 11.5 Å². The van der Waals surface area contributed by atoms with Crippen LogP contribution < -0.4 is 0 Å². The number of benzene rings is 4. The zero-order chi connectivity index (χ0) is 21.9. The Balaban J connectivity index is 1.69. The molecule has 3 nitrogen and oxygen atoms in total. The van der Waals surface area contributed by atoms with Crippen molar-refractivity contribution in [1.29, 1.82) is 0 Å². The molecular formula is C29H23NO2. The van der Waals surface area contributed by atoms with Gasteiger partial charge in [-0.3, -0.25) is 4.79 Å². The Morgan fingerprint density at radius 3 is 1.78 bits per heavy atom. The van der Waals surface area contributed by atoms with Crippen molar-refractivity contribution in [2.45, 2.75) is 18.3 Å². The molecule has 0 radical (unpaired) electrons. The SMILES string of the molecule is O=C1c2ccccc2C(C(CC(=NO)c2ccccc2)c2ccccc2)c2ccccc21. The summed E-state index contributed by atoms with van der Waals surface area (Å²) in [5.41, 5.74) is 6.22. The summed E-state index contributed by atoms with van der Waals surface area (Å²) in [7, 11) is 0. The maximum Gasteiger partial charge on any atom is 0.193 e. The monoisotopic (exact) mass is 417 g/mol. The van der Waals surface area contributed by atoms with Gasteiger partial charge in [-0.15, -0.1) is 0 Å². The van der Waals surface area contributed by atoms with Crippen LogP contribution in [0, 0.1) is 0 Å². The summed E-state index contributed by atoms with van der Waals surface area (Å²) >= 11 is 0. The number of hydrogen-bond acceptors (Lipinski definition) is 3. The van der Waals surface area contributed by atoms with E-state index in [2.05, 4.69) is 29.4 Å². The fourth-order valence-electron chi connectivity index (χ4n) is 4.88. The number of carbonyl (C=O) groups is 1. The number of oxime groups is 1. The van der Waals surface area contributed by atoms with Crippen LogP contribution in [0.2, 0.25) is 0 Å². The summed E-state index contributed by atoms with van der Waals surface area (Å²) in [4.78, 5) is 13.2. The molecule has 5 rings (SSSR count). The van der Waals surface area contributed by atoms with Crippen LogP contribution in [0.1, 0.15) is 56.4 Å². The summed E-state index contributed by atoms with van der Waals surface area (Å²) in [5, 5.41) is 13.6. The summed E-state index contributed by atoms with van der Waals surface area (Å²) in [5.74, 6) is 0.0130. The molecule has 3 heteroatoms. The first kappa shape index (κ1) is 20.0. The summed E-state index contributed by atoms with van der Waals surface area (Å²) < 4.78 is 0. The van der Waals surface area contributed by atoms with Crippen molar-refractivity contribution in [1.82, 2.24) is 0 Å². The van der Waals surface area contributed by atoms with Gasteiger partial charge in [-0.25, -0.2) is 0 Å². The molecule has 1 aliphatic rings. The molecule has 0 heterocycles. The fourth-order valence-corrected chi connectivity index (χ4v) is 4.88. The fraction of sp³-hybridized carbons (Fsp3) is 0.103. The first-order valence-electron chi connectivity index (χ1n) is 10.8. The lowest BCUT2D eigenvalue weighted by atomic mass is 9.68. The summed E-state index contributed by atoms with van der Waals surface area (Å²) in [6.07, 6.45) is 0.534. The van der Waals surface area contributed by atoms with Crippen molar-refractivity contribution in [3.05, 3.63) is 143 Å². The summed E-state index contributed by atoms with van der Waals surface area (Å²) in [6.45, 7) is 0. The molecule has 1 atom stereocenters. The van der Waals surface area contributed by atoms with E-state index in [1.807, 2.05) is 84.9 Å². The zero-order valence-electron chi connectivity index (χ0n) is 17.6. The Kier molecular flexibility index (Phi) is 5.39. The molecule has 0 fully saturated rings. The second-order valence-corrected chi connectivity index (χ2v) is 8.12. The number of hydrogen-bond donors (Lipinski definition) is 1. The normalized spacial score (nSPS) is 14.5. The van der Waals surface area contributed by atoms with Gasteiger partial charge in [0.05, 0.1) is 5.71 Å². The number of ketones is 1. The van der Waals surface area contributed by atoms with E-state index in [4.69, 9.17) is 0 Å². The topological polar surface area (TPSA) is 49.7 Å². The Bertz CT molecular complexity index is 1230. The molecule has 4 aromatic carbocycles. The highest BCUT2D eigenvalue weighted by atomic mass is 16.4. The van der Waals surface area contributed by atoms with Gasteiger partial charge in [-0.05, 0) is 22.3 Å². The van der Waals surface area contributed by atoms with Crippen LogP contribution in [0.15, 0.2) is 114 Å². The Morgan fingerprint density at radius 2 is 1.22 bits per heavy atom. The largest absolute Gasteiger partial charge is 0.411 e. The lowest BCUT2D eigenvalue weighted by Crippen LogP contribution is -2.25. The maximum atomic E-state index is 13.2. The van der Waals surface area contributed by atoms with Gasteiger partial charge < -0.3 is 5.21 Å². The number of nitrogens with zero attached hydrogens (tertiary/aromatic N) is 1. The Labute approximate surface area is 187 Å². The average molecular weight is 418 g/mol. The van der Waals surface area contributed by atoms with E-state index in [9.17, 15) is 10.0 Å². The Morgan fingerprint density at radius 1 is 0.719 bits per heavy atom. The van der Waals surface area contributed by atoms with Gasteiger partial charge in [-0.2, -0.15) is 0 Å². The van der Waals surface area contributed by atoms with Crippen molar-refractivity contribution in [2.24, 2.45) is 5.16 Å². The molecule has 32 heavy (non-hydrogen) atoms. The van der Waals surface area contributed by atoms with E-state index in [0.717, 1.165) is 33.4 Å². The zero-order valence-corrected chi connectivity index (χ0v) is 17.6. The predicted molar refractivity (Wildman–Crippen MR) is 127 cm³/mol. The molecule has 0 aliphatic heterocycles. The molecule has 0 bridgehead atoms. The molecule has 4 aromatic rings. The highest BCUT2D eigenvalue weighted by Crippen LogP contribution is 2.46. The van der Waals surface area contributed by atoms with Crippen LogP contribution in [0.4, 0.5) is 0 Å². The van der Waals surface area contributed by atoms with Crippen LogP contribution in [0.25, 0.3) is 0 Å². The second-order valence-electron chi connectivity index (χ2n) is 8.12. The summed E-state index contributed by atoms with van der Waals surface area (Å²) in [6, 6.07) is 35.9. The quantitative estimate of drug-likeness (QED) is 0.232. The molecule has 156 valence electrons. The van der Waals surface area contributed by atoms with Crippen LogP contribution in [-0.2, 0) is 0 Å². The second kappa shape index (κ2) is 8.64. The van der Waals surface area contributed by atoms with E-state index in [0.29, 0.717) is 12.1 Å². The number of fused-ring (bicyclic) bond motifs is 2. The van der Waals surface area contributed by atoms with Gasteiger partial charge in [0, 0.05) is 29.4 Å². The first-order valence-corrected chi connectivity index (χ1v) is 10.8. The van der Waals surface area contributed by atoms with Gasteiger partial charge in [-0.1, -0.05) is 114 Å².